The molecule has 0 saturated carbocycles. The quantitative estimate of drug-likeness (QED) is 0.845. The van der Waals surface area contributed by atoms with E-state index in [1.165, 1.54) is 17.0 Å². The smallest absolute Gasteiger partial charge is 0.290 e. The predicted molar refractivity (Wildman–Crippen MR) is 87.0 cm³/mol. The molecule has 5 nitrogen and oxygen atoms in total. The average Bonchev–Trinajstić information content (AvgIpc) is 2.76. The zero-order valence-corrected chi connectivity index (χ0v) is 13.7. The molecule has 0 fully saturated rings. The van der Waals surface area contributed by atoms with Crippen molar-refractivity contribution in [3.05, 3.63) is 41.2 Å². The van der Waals surface area contributed by atoms with Gasteiger partial charge in [-0.05, 0) is 24.1 Å². The zero-order valence-electron chi connectivity index (χ0n) is 13.7. The molecule has 1 atom stereocenters. The minimum atomic E-state index is -0.643. The summed E-state index contributed by atoms with van der Waals surface area (Å²) in [6.07, 6.45) is 1.67. The van der Waals surface area contributed by atoms with Crippen molar-refractivity contribution in [3.8, 4) is 5.75 Å². The molecular formula is C18H23NO4. The summed E-state index contributed by atoms with van der Waals surface area (Å²) < 4.78 is 0. The third-order valence-electron chi connectivity index (χ3n) is 4.03. The molecule has 1 amide bonds. The van der Waals surface area contributed by atoms with Crippen LogP contribution in [0, 0.1) is 5.92 Å². The third kappa shape index (κ3) is 3.23. The van der Waals surface area contributed by atoms with Crippen LogP contribution in [0.1, 0.15) is 45.2 Å². The molecule has 0 bridgehead atoms. The van der Waals surface area contributed by atoms with E-state index in [2.05, 4.69) is 0 Å². The van der Waals surface area contributed by atoms with E-state index in [1.54, 1.807) is 26.0 Å². The fourth-order valence-corrected chi connectivity index (χ4v) is 2.82. The van der Waals surface area contributed by atoms with Gasteiger partial charge in [-0.15, -0.1) is 0 Å². The number of hydrogen-bond donors (Lipinski definition) is 2. The Hall–Kier alpha value is -2.30. The molecular weight excluding hydrogens is 294 g/mol. The van der Waals surface area contributed by atoms with Crippen molar-refractivity contribution < 1.29 is 19.8 Å². The SMILES string of the molecule is CCCCN1C(=O)C(O)=C(C(=O)C(C)C)C1c1cccc(O)c1. The van der Waals surface area contributed by atoms with Gasteiger partial charge < -0.3 is 15.1 Å². The second kappa shape index (κ2) is 6.86. The second-order valence-electron chi connectivity index (χ2n) is 6.13. The molecule has 0 aliphatic carbocycles. The molecule has 1 aromatic rings. The molecule has 2 rings (SSSR count). The molecule has 1 aliphatic rings. The summed E-state index contributed by atoms with van der Waals surface area (Å²) in [4.78, 5) is 26.5. The Morgan fingerprint density at radius 3 is 2.57 bits per heavy atom. The van der Waals surface area contributed by atoms with Crippen LogP contribution in [0.2, 0.25) is 0 Å². The molecule has 1 aliphatic heterocycles. The molecule has 0 spiro atoms. The Morgan fingerprint density at radius 1 is 1.30 bits per heavy atom. The number of phenolic OH excluding ortho intramolecular Hbond substituents is 1. The fourth-order valence-electron chi connectivity index (χ4n) is 2.82. The van der Waals surface area contributed by atoms with Crippen LogP contribution < -0.4 is 0 Å². The molecule has 124 valence electrons. The first kappa shape index (κ1) is 17.1. The van der Waals surface area contributed by atoms with Crippen molar-refractivity contribution in [2.75, 3.05) is 6.54 Å². The second-order valence-corrected chi connectivity index (χ2v) is 6.13. The minimum Gasteiger partial charge on any atom is -0.508 e. The van der Waals surface area contributed by atoms with Crippen LogP contribution in [0.4, 0.5) is 0 Å². The molecule has 2 N–H and O–H groups in total. The maximum atomic E-state index is 12.5. The number of aliphatic hydroxyl groups excluding tert-OH is 1. The van der Waals surface area contributed by atoms with Crippen LogP contribution >= 0.6 is 0 Å². The largest absolute Gasteiger partial charge is 0.508 e. The number of nitrogens with zero attached hydrogens (tertiary/aromatic N) is 1. The van der Waals surface area contributed by atoms with Crippen LogP contribution in [-0.4, -0.2) is 33.3 Å². The van der Waals surface area contributed by atoms with Crippen LogP contribution in [0.3, 0.4) is 0 Å². The summed E-state index contributed by atoms with van der Waals surface area (Å²) in [5, 5.41) is 20.0. The van der Waals surface area contributed by atoms with Gasteiger partial charge in [-0.25, -0.2) is 0 Å². The van der Waals surface area contributed by atoms with Crippen LogP contribution in [-0.2, 0) is 9.59 Å². The van der Waals surface area contributed by atoms with E-state index in [0.717, 1.165) is 12.8 Å². The van der Waals surface area contributed by atoms with Crippen molar-refractivity contribution in [2.24, 2.45) is 5.92 Å². The highest BCUT2D eigenvalue weighted by Gasteiger charge is 2.43. The number of aliphatic hydroxyl groups is 1. The summed E-state index contributed by atoms with van der Waals surface area (Å²) in [6.45, 7) is 5.94. The number of carbonyl (C=O) groups is 2. The van der Waals surface area contributed by atoms with Gasteiger partial charge in [-0.2, -0.15) is 0 Å². The lowest BCUT2D eigenvalue weighted by Crippen LogP contribution is -2.32. The lowest BCUT2D eigenvalue weighted by Gasteiger charge is -2.27. The van der Waals surface area contributed by atoms with E-state index < -0.39 is 17.7 Å². The third-order valence-corrected chi connectivity index (χ3v) is 4.03. The number of ketones is 1. The first-order chi connectivity index (χ1) is 10.9. The Bertz CT molecular complexity index is 648. The Labute approximate surface area is 136 Å². The highest BCUT2D eigenvalue weighted by atomic mass is 16.3. The maximum Gasteiger partial charge on any atom is 0.290 e. The topological polar surface area (TPSA) is 77.8 Å². The van der Waals surface area contributed by atoms with E-state index in [9.17, 15) is 19.8 Å². The molecule has 1 aromatic carbocycles. The van der Waals surface area contributed by atoms with E-state index >= 15 is 0 Å². The highest BCUT2D eigenvalue weighted by molar-refractivity contribution is 6.09. The van der Waals surface area contributed by atoms with Crippen molar-refractivity contribution in [2.45, 2.75) is 39.7 Å². The highest BCUT2D eigenvalue weighted by Crippen LogP contribution is 2.39. The molecule has 0 saturated heterocycles. The zero-order chi connectivity index (χ0) is 17.1. The first-order valence-electron chi connectivity index (χ1n) is 7.95. The van der Waals surface area contributed by atoms with Crippen molar-refractivity contribution in [3.63, 3.8) is 0 Å². The van der Waals surface area contributed by atoms with Gasteiger partial charge in [0.25, 0.3) is 5.91 Å². The number of benzene rings is 1. The number of unbranched alkanes of at least 4 members (excludes halogenated alkanes) is 1. The van der Waals surface area contributed by atoms with Gasteiger partial charge in [0.1, 0.15) is 5.75 Å². The lowest BCUT2D eigenvalue weighted by atomic mass is 9.91. The standard InChI is InChI=1S/C18H23NO4/c1-4-5-9-19-15(12-7-6-8-13(20)10-12)14(16(21)11(2)3)17(22)18(19)23/h6-8,10-11,15,20,22H,4-5,9H2,1-3H3. The van der Waals surface area contributed by atoms with Crippen molar-refractivity contribution >= 4 is 11.7 Å². The van der Waals surface area contributed by atoms with E-state index in [1.807, 2.05) is 6.92 Å². The van der Waals surface area contributed by atoms with Gasteiger partial charge in [0.15, 0.2) is 11.5 Å². The normalized spacial score (nSPS) is 18.2. The molecule has 0 radical (unpaired) electrons. The summed E-state index contributed by atoms with van der Waals surface area (Å²) in [5.41, 5.74) is 0.759. The number of aromatic hydroxyl groups is 1. The van der Waals surface area contributed by atoms with Crippen molar-refractivity contribution in [1.82, 2.24) is 4.90 Å². The number of carbonyl (C=O) groups excluding carboxylic acids is 2. The van der Waals surface area contributed by atoms with Crippen LogP contribution in [0.25, 0.3) is 0 Å². The summed E-state index contributed by atoms with van der Waals surface area (Å²) >= 11 is 0. The maximum absolute atomic E-state index is 12.5. The van der Waals surface area contributed by atoms with E-state index in [0.29, 0.717) is 12.1 Å². The summed E-state index contributed by atoms with van der Waals surface area (Å²) in [7, 11) is 0. The molecule has 1 unspecified atom stereocenters. The number of hydrogen-bond acceptors (Lipinski definition) is 4. The van der Waals surface area contributed by atoms with E-state index in [-0.39, 0.29) is 23.0 Å². The molecule has 1 heterocycles. The number of phenols is 1. The molecule has 5 heteroatoms. The predicted octanol–water partition coefficient (Wildman–Crippen LogP) is 3.11. The summed E-state index contributed by atoms with van der Waals surface area (Å²) in [5.74, 6) is -1.49. The molecule has 0 aromatic heterocycles. The monoisotopic (exact) mass is 317 g/mol. The lowest BCUT2D eigenvalue weighted by molar-refractivity contribution is -0.129. The number of amides is 1. The Balaban J connectivity index is 2.52. The average molecular weight is 317 g/mol. The number of rotatable bonds is 6. The number of Topliss-reactive ketones (excluding diaryl/α,β-unsaturated/α-hetero) is 1. The molecule has 23 heavy (non-hydrogen) atoms. The van der Waals surface area contributed by atoms with Crippen LogP contribution in [0.5, 0.6) is 5.75 Å². The first-order valence-corrected chi connectivity index (χ1v) is 7.95. The van der Waals surface area contributed by atoms with Gasteiger partial charge in [0, 0.05) is 12.5 Å². The van der Waals surface area contributed by atoms with Gasteiger partial charge in [-0.1, -0.05) is 39.3 Å². The Morgan fingerprint density at radius 2 is 2.00 bits per heavy atom. The van der Waals surface area contributed by atoms with Gasteiger partial charge in [0.2, 0.25) is 0 Å². The minimum absolute atomic E-state index is 0.0631. The fraction of sp³-hybridized carbons (Fsp3) is 0.444. The van der Waals surface area contributed by atoms with Crippen molar-refractivity contribution in [1.29, 1.82) is 0 Å². The van der Waals surface area contributed by atoms with E-state index in [4.69, 9.17) is 0 Å². The van der Waals surface area contributed by atoms with Gasteiger partial charge >= 0.3 is 0 Å². The summed E-state index contributed by atoms with van der Waals surface area (Å²) in [6, 6.07) is 5.84. The Kier molecular flexibility index (Phi) is 5.08. The van der Waals surface area contributed by atoms with Gasteiger partial charge in [-0.3, -0.25) is 9.59 Å². The van der Waals surface area contributed by atoms with Gasteiger partial charge in [0.05, 0.1) is 11.6 Å². The van der Waals surface area contributed by atoms with Crippen LogP contribution in [0.15, 0.2) is 35.6 Å².